The first-order valence-corrected chi connectivity index (χ1v) is 10.3. The van der Waals surface area contributed by atoms with Gasteiger partial charge in [0.25, 0.3) is 0 Å². The molecule has 2 atom stereocenters. The Balaban J connectivity index is 1.82. The number of ether oxygens (including phenoxy) is 2. The third kappa shape index (κ3) is 4.66. The van der Waals surface area contributed by atoms with Crippen LogP contribution in [0, 0.1) is 0 Å². The second-order valence-corrected chi connectivity index (χ2v) is 7.32. The number of anilines is 1. The van der Waals surface area contributed by atoms with Crippen LogP contribution < -0.4 is 9.64 Å². The van der Waals surface area contributed by atoms with Crippen LogP contribution in [0.3, 0.4) is 0 Å². The lowest BCUT2D eigenvalue weighted by atomic mass is 9.95. The smallest absolute Gasteiger partial charge is 0.325 e. The van der Waals surface area contributed by atoms with Crippen LogP contribution in [0.4, 0.5) is 5.69 Å². The molecule has 0 aliphatic carbocycles. The van der Waals surface area contributed by atoms with E-state index in [2.05, 4.69) is 40.4 Å². The van der Waals surface area contributed by atoms with Gasteiger partial charge in [-0.3, -0.25) is 4.79 Å². The van der Waals surface area contributed by atoms with Crippen LogP contribution in [0.5, 0.6) is 5.75 Å². The minimum absolute atomic E-state index is 0.178. The summed E-state index contributed by atoms with van der Waals surface area (Å²) in [4.78, 5) is 18.5. The van der Waals surface area contributed by atoms with E-state index in [4.69, 9.17) is 9.47 Å². The van der Waals surface area contributed by atoms with Crippen molar-refractivity contribution in [1.82, 2.24) is 9.55 Å². The van der Waals surface area contributed by atoms with Crippen molar-refractivity contribution in [3.8, 4) is 5.75 Å². The number of imidazole rings is 1. The van der Waals surface area contributed by atoms with Crippen molar-refractivity contribution in [1.29, 1.82) is 0 Å². The van der Waals surface area contributed by atoms with Gasteiger partial charge in [-0.05, 0) is 44.0 Å². The van der Waals surface area contributed by atoms with Crippen molar-refractivity contribution < 1.29 is 14.3 Å². The van der Waals surface area contributed by atoms with E-state index in [9.17, 15) is 4.79 Å². The van der Waals surface area contributed by atoms with E-state index in [1.165, 1.54) is 18.4 Å². The van der Waals surface area contributed by atoms with Crippen molar-refractivity contribution in [3.63, 3.8) is 0 Å². The molecule has 0 amide bonds. The number of esters is 1. The molecule has 28 heavy (non-hydrogen) atoms. The second kappa shape index (κ2) is 9.62. The molecule has 1 aromatic carbocycles. The Hall–Kier alpha value is -2.50. The Morgan fingerprint density at radius 2 is 2.11 bits per heavy atom. The molecule has 2 unspecified atom stereocenters. The van der Waals surface area contributed by atoms with Crippen LogP contribution in [0.15, 0.2) is 36.9 Å². The van der Waals surface area contributed by atoms with E-state index >= 15 is 0 Å². The molecule has 3 rings (SSSR count). The average molecular weight is 386 g/mol. The predicted octanol–water partition coefficient (Wildman–Crippen LogP) is 4.01. The maximum atomic E-state index is 12.1. The maximum Gasteiger partial charge on any atom is 0.325 e. The van der Waals surface area contributed by atoms with Crippen molar-refractivity contribution in [2.75, 3.05) is 24.7 Å². The van der Waals surface area contributed by atoms with Gasteiger partial charge in [0, 0.05) is 36.6 Å². The second-order valence-electron chi connectivity index (χ2n) is 7.32. The molecule has 2 aromatic rings. The van der Waals surface area contributed by atoms with Gasteiger partial charge in [-0.25, -0.2) is 4.98 Å². The fraction of sp³-hybridized carbons (Fsp3) is 0.545. The topological polar surface area (TPSA) is 56.6 Å². The number of rotatable bonds is 10. The van der Waals surface area contributed by atoms with Gasteiger partial charge in [0.1, 0.15) is 12.3 Å². The number of benzene rings is 1. The maximum absolute atomic E-state index is 12.1. The number of nitrogens with zero attached hydrogens (tertiary/aromatic N) is 3. The summed E-state index contributed by atoms with van der Waals surface area (Å²) >= 11 is 0. The summed E-state index contributed by atoms with van der Waals surface area (Å²) in [5.41, 5.74) is 2.31. The highest BCUT2D eigenvalue weighted by Crippen LogP contribution is 2.43. The Labute approximate surface area is 167 Å². The zero-order valence-corrected chi connectivity index (χ0v) is 17.1. The zero-order chi connectivity index (χ0) is 19.9. The fourth-order valence-corrected chi connectivity index (χ4v) is 3.87. The summed E-state index contributed by atoms with van der Waals surface area (Å²) in [6.07, 6.45) is 9.04. The first-order valence-electron chi connectivity index (χ1n) is 10.3. The third-order valence-corrected chi connectivity index (χ3v) is 5.37. The minimum atomic E-state index is -0.191. The molecular weight excluding hydrogens is 354 g/mol. The van der Waals surface area contributed by atoms with Gasteiger partial charge < -0.3 is 18.9 Å². The molecule has 2 heterocycles. The summed E-state index contributed by atoms with van der Waals surface area (Å²) in [5.74, 6) is 0.956. The molecule has 1 aliphatic rings. The molecule has 1 aromatic heterocycles. The number of hydrogen-bond donors (Lipinski definition) is 0. The number of fused-ring (bicyclic) bond motifs is 1. The number of hydrogen-bond acceptors (Lipinski definition) is 5. The van der Waals surface area contributed by atoms with Crippen LogP contribution >= 0.6 is 0 Å². The van der Waals surface area contributed by atoms with Gasteiger partial charge in [-0.15, -0.1) is 0 Å². The van der Waals surface area contributed by atoms with E-state index in [-0.39, 0.29) is 24.5 Å². The largest absolute Gasteiger partial charge is 0.494 e. The summed E-state index contributed by atoms with van der Waals surface area (Å²) in [6.45, 7) is 8.41. The minimum Gasteiger partial charge on any atom is -0.494 e. The molecule has 0 spiro atoms. The Morgan fingerprint density at radius 1 is 1.25 bits per heavy atom. The highest BCUT2D eigenvalue weighted by atomic mass is 16.5. The Kier molecular flexibility index (Phi) is 6.95. The van der Waals surface area contributed by atoms with Gasteiger partial charge in [-0.1, -0.05) is 19.8 Å². The van der Waals surface area contributed by atoms with Gasteiger partial charge >= 0.3 is 5.97 Å². The van der Waals surface area contributed by atoms with Crippen LogP contribution in [-0.4, -0.2) is 41.3 Å². The highest BCUT2D eigenvalue weighted by molar-refractivity contribution is 5.78. The molecule has 0 saturated heterocycles. The van der Waals surface area contributed by atoms with Gasteiger partial charge in [0.2, 0.25) is 0 Å². The number of carbonyl (C=O) groups excluding carboxylic acids is 1. The average Bonchev–Trinajstić information content (AvgIpc) is 3.28. The van der Waals surface area contributed by atoms with Gasteiger partial charge in [0.15, 0.2) is 0 Å². The van der Waals surface area contributed by atoms with Crippen LogP contribution in [-0.2, 0) is 16.1 Å². The summed E-state index contributed by atoms with van der Waals surface area (Å²) in [6, 6.07) is 6.41. The van der Waals surface area contributed by atoms with Crippen molar-refractivity contribution in [2.45, 2.75) is 58.5 Å². The summed E-state index contributed by atoms with van der Waals surface area (Å²) < 4.78 is 13.3. The molecule has 152 valence electrons. The van der Waals surface area contributed by atoms with Crippen molar-refractivity contribution >= 4 is 11.7 Å². The van der Waals surface area contributed by atoms with E-state index < -0.39 is 0 Å². The Morgan fingerprint density at radius 3 is 2.82 bits per heavy atom. The molecule has 0 N–H and O–H groups in total. The molecule has 6 heteroatoms. The molecule has 0 fully saturated rings. The van der Waals surface area contributed by atoms with Crippen LogP contribution in [0.1, 0.15) is 51.5 Å². The number of unbranched alkanes of at least 4 members (excludes halogenated alkanes) is 2. The van der Waals surface area contributed by atoms with Crippen LogP contribution in [0.25, 0.3) is 0 Å². The Bertz CT molecular complexity index is 760. The quantitative estimate of drug-likeness (QED) is 0.457. The van der Waals surface area contributed by atoms with E-state index in [0.717, 1.165) is 31.0 Å². The molecule has 0 saturated carbocycles. The monoisotopic (exact) mass is 385 g/mol. The van der Waals surface area contributed by atoms with Crippen molar-refractivity contribution in [3.05, 3.63) is 42.5 Å². The van der Waals surface area contributed by atoms with Gasteiger partial charge in [0.05, 0.1) is 19.5 Å². The van der Waals surface area contributed by atoms with E-state index in [1.54, 1.807) is 6.20 Å². The first-order chi connectivity index (χ1) is 13.6. The first kappa shape index (κ1) is 20.2. The van der Waals surface area contributed by atoms with Gasteiger partial charge in [-0.2, -0.15) is 0 Å². The lowest BCUT2D eigenvalue weighted by Gasteiger charge is -2.26. The lowest BCUT2D eigenvalue weighted by molar-refractivity contribution is -0.141. The standard InChI is InChI=1S/C22H31N3O3/c1-4-6-7-12-28-18-8-9-21-19(13-18)20(14-24-11-10-23-16-24)17(3)25(21)15-22(26)27-5-2/h8-11,13,16-17,20H,4-7,12,14-15H2,1-3H3. The molecule has 0 bridgehead atoms. The third-order valence-electron chi connectivity index (χ3n) is 5.37. The summed E-state index contributed by atoms with van der Waals surface area (Å²) in [7, 11) is 0. The molecule has 0 radical (unpaired) electrons. The normalized spacial score (nSPS) is 18.2. The number of aromatic nitrogens is 2. The molecule has 1 aliphatic heterocycles. The molecule has 6 nitrogen and oxygen atoms in total. The lowest BCUT2D eigenvalue weighted by Crippen LogP contribution is -2.37. The van der Waals surface area contributed by atoms with E-state index in [0.29, 0.717) is 6.61 Å². The van der Waals surface area contributed by atoms with Crippen LogP contribution in [0.2, 0.25) is 0 Å². The SMILES string of the molecule is CCCCCOc1ccc2c(c1)C(Cn1ccnc1)C(C)N2CC(=O)OCC. The highest BCUT2D eigenvalue weighted by Gasteiger charge is 2.37. The molecular formula is C22H31N3O3. The fourth-order valence-electron chi connectivity index (χ4n) is 3.87. The summed E-state index contributed by atoms with van der Waals surface area (Å²) in [5, 5.41) is 0. The van der Waals surface area contributed by atoms with E-state index in [1.807, 2.05) is 25.5 Å². The van der Waals surface area contributed by atoms with Crippen molar-refractivity contribution in [2.24, 2.45) is 0 Å². The predicted molar refractivity (Wildman–Crippen MR) is 110 cm³/mol. The number of carbonyl (C=O) groups is 1. The zero-order valence-electron chi connectivity index (χ0n) is 17.1.